The molecule has 1 aromatic carbocycles. The Morgan fingerprint density at radius 2 is 2.10 bits per heavy atom. The van der Waals surface area contributed by atoms with Gasteiger partial charge in [-0.2, -0.15) is 4.98 Å². The number of hydrogen-bond acceptors (Lipinski definition) is 5. The molecule has 0 bridgehead atoms. The molecule has 0 aliphatic heterocycles. The summed E-state index contributed by atoms with van der Waals surface area (Å²) in [6.45, 7) is 8.80. The number of hydrogen-bond donors (Lipinski definition) is 0. The molecule has 5 rings (SSSR count). The Morgan fingerprint density at radius 3 is 2.87 bits per heavy atom. The van der Waals surface area contributed by atoms with E-state index in [1.54, 1.807) is 0 Å². The average Bonchev–Trinajstić information content (AvgIpc) is 3.46. The molecule has 0 radical (unpaired) electrons. The van der Waals surface area contributed by atoms with E-state index in [2.05, 4.69) is 21.7 Å². The van der Waals surface area contributed by atoms with Gasteiger partial charge >= 0.3 is 0 Å². The van der Waals surface area contributed by atoms with E-state index in [1.807, 2.05) is 54.9 Å². The van der Waals surface area contributed by atoms with E-state index in [4.69, 9.17) is 20.9 Å². The molecule has 0 unspecified atom stereocenters. The molecule has 158 valence electrons. The fraction of sp³-hybridized carbons (Fsp3) is 0.292. The summed E-state index contributed by atoms with van der Waals surface area (Å²) in [5.74, 6) is 2.31. The molecular formula is C24H23ClN4O2. The molecular weight excluding hydrogens is 412 g/mol. The molecule has 0 N–H and O–H groups in total. The van der Waals surface area contributed by atoms with Crippen molar-refractivity contribution < 1.29 is 9.26 Å². The number of pyridine rings is 1. The molecule has 0 amide bonds. The highest BCUT2D eigenvalue weighted by Gasteiger charge is 2.19. The lowest BCUT2D eigenvalue weighted by Gasteiger charge is -2.13. The van der Waals surface area contributed by atoms with Crippen molar-refractivity contribution in [3.63, 3.8) is 0 Å². The Hall–Kier alpha value is -3.12. The summed E-state index contributed by atoms with van der Waals surface area (Å²) in [5, 5.41) is 4.70. The molecule has 3 aromatic heterocycles. The van der Waals surface area contributed by atoms with Crippen molar-refractivity contribution in [3.05, 3.63) is 65.0 Å². The normalized spacial score (nSPS) is 16.4. The minimum absolute atomic E-state index is 0.423. The van der Waals surface area contributed by atoms with Gasteiger partial charge in [0.2, 0.25) is 5.82 Å². The SMILES string of the molecule is C=C1CC[C@H](COc2ccc(-c3nc(-c4cn5cc(C)cc(Cl)c5n4)no3)cc2C)C1. The minimum atomic E-state index is 0.423. The Kier molecular flexibility index (Phi) is 5.02. The second-order valence-corrected chi connectivity index (χ2v) is 8.70. The first kappa shape index (κ1) is 19.8. The molecule has 0 spiro atoms. The van der Waals surface area contributed by atoms with Gasteiger partial charge in [0.25, 0.3) is 5.89 Å². The van der Waals surface area contributed by atoms with Crippen molar-refractivity contribution in [1.29, 1.82) is 0 Å². The van der Waals surface area contributed by atoms with Crippen LogP contribution in [0.5, 0.6) is 5.75 Å². The van der Waals surface area contributed by atoms with Crippen LogP contribution in [-0.4, -0.2) is 26.1 Å². The number of imidazole rings is 1. The number of fused-ring (bicyclic) bond motifs is 1. The Bertz CT molecular complexity index is 1290. The summed E-state index contributed by atoms with van der Waals surface area (Å²) < 4.78 is 13.4. The van der Waals surface area contributed by atoms with Gasteiger partial charge in [0.1, 0.15) is 11.4 Å². The van der Waals surface area contributed by atoms with E-state index in [9.17, 15) is 0 Å². The third-order valence-electron chi connectivity index (χ3n) is 5.68. The number of aryl methyl sites for hydroxylation is 2. The van der Waals surface area contributed by atoms with Crippen LogP contribution >= 0.6 is 11.6 Å². The Morgan fingerprint density at radius 1 is 1.23 bits per heavy atom. The molecule has 6 nitrogen and oxygen atoms in total. The predicted octanol–water partition coefficient (Wildman–Crippen LogP) is 6.06. The van der Waals surface area contributed by atoms with Gasteiger partial charge in [0.05, 0.1) is 11.6 Å². The van der Waals surface area contributed by atoms with Gasteiger partial charge in [-0.05, 0) is 74.4 Å². The molecule has 1 saturated carbocycles. The quantitative estimate of drug-likeness (QED) is 0.357. The van der Waals surface area contributed by atoms with Gasteiger partial charge in [0.15, 0.2) is 5.65 Å². The van der Waals surface area contributed by atoms with Crippen molar-refractivity contribution in [1.82, 2.24) is 19.5 Å². The average molecular weight is 435 g/mol. The third-order valence-corrected chi connectivity index (χ3v) is 5.96. The van der Waals surface area contributed by atoms with E-state index in [1.165, 1.54) is 5.57 Å². The van der Waals surface area contributed by atoms with Crippen molar-refractivity contribution >= 4 is 17.2 Å². The molecule has 4 aromatic rings. The first-order valence-corrected chi connectivity index (χ1v) is 10.7. The molecule has 31 heavy (non-hydrogen) atoms. The number of nitrogens with zero attached hydrogens (tertiary/aromatic N) is 4. The van der Waals surface area contributed by atoms with Gasteiger partial charge in [-0.15, -0.1) is 0 Å². The van der Waals surface area contributed by atoms with Crippen LogP contribution < -0.4 is 4.74 Å². The number of rotatable bonds is 5. The maximum absolute atomic E-state index is 6.31. The van der Waals surface area contributed by atoms with E-state index < -0.39 is 0 Å². The number of benzene rings is 1. The van der Waals surface area contributed by atoms with Crippen LogP contribution in [0.4, 0.5) is 0 Å². The topological polar surface area (TPSA) is 65.5 Å². The van der Waals surface area contributed by atoms with Gasteiger partial charge in [0, 0.05) is 18.0 Å². The highest BCUT2D eigenvalue weighted by atomic mass is 35.5. The summed E-state index contributed by atoms with van der Waals surface area (Å²) in [6.07, 6.45) is 7.15. The van der Waals surface area contributed by atoms with Crippen LogP contribution in [-0.2, 0) is 0 Å². The maximum atomic E-state index is 6.31. The fourth-order valence-electron chi connectivity index (χ4n) is 4.06. The molecule has 1 aliphatic rings. The molecule has 7 heteroatoms. The highest BCUT2D eigenvalue weighted by molar-refractivity contribution is 6.33. The fourth-order valence-corrected chi connectivity index (χ4v) is 4.37. The predicted molar refractivity (Wildman–Crippen MR) is 120 cm³/mol. The van der Waals surface area contributed by atoms with Gasteiger partial charge in [-0.1, -0.05) is 28.9 Å². The van der Waals surface area contributed by atoms with E-state index >= 15 is 0 Å². The zero-order valence-corrected chi connectivity index (χ0v) is 18.3. The largest absolute Gasteiger partial charge is 0.493 e. The summed E-state index contributed by atoms with van der Waals surface area (Å²) in [7, 11) is 0. The first-order chi connectivity index (χ1) is 15.0. The van der Waals surface area contributed by atoms with E-state index in [0.29, 0.717) is 34.0 Å². The van der Waals surface area contributed by atoms with Gasteiger partial charge in [-0.3, -0.25) is 0 Å². The van der Waals surface area contributed by atoms with Crippen molar-refractivity contribution in [2.24, 2.45) is 5.92 Å². The van der Waals surface area contributed by atoms with Crippen LogP contribution in [0.15, 0.2) is 53.3 Å². The van der Waals surface area contributed by atoms with Crippen LogP contribution in [0.2, 0.25) is 5.02 Å². The van der Waals surface area contributed by atoms with Gasteiger partial charge in [-0.25, -0.2) is 4.98 Å². The Balaban J connectivity index is 1.35. The van der Waals surface area contributed by atoms with Crippen molar-refractivity contribution in [3.8, 4) is 28.7 Å². The van der Waals surface area contributed by atoms with Crippen molar-refractivity contribution in [2.75, 3.05) is 6.61 Å². The van der Waals surface area contributed by atoms with Crippen LogP contribution in [0.25, 0.3) is 28.6 Å². The van der Waals surface area contributed by atoms with Crippen LogP contribution in [0.1, 0.15) is 30.4 Å². The summed E-state index contributed by atoms with van der Waals surface area (Å²) in [4.78, 5) is 9.09. The summed E-state index contributed by atoms with van der Waals surface area (Å²) >= 11 is 6.31. The highest BCUT2D eigenvalue weighted by Crippen LogP contribution is 2.31. The van der Waals surface area contributed by atoms with E-state index in [-0.39, 0.29) is 0 Å². The third kappa shape index (κ3) is 3.95. The van der Waals surface area contributed by atoms with E-state index in [0.717, 1.165) is 48.3 Å². The summed E-state index contributed by atoms with van der Waals surface area (Å²) in [6, 6.07) is 7.79. The molecule has 1 atom stereocenters. The smallest absolute Gasteiger partial charge is 0.258 e. The van der Waals surface area contributed by atoms with Crippen LogP contribution in [0, 0.1) is 19.8 Å². The first-order valence-electron chi connectivity index (χ1n) is 10.4. The second kappa shape index (κ2) is 7.85. The summed E-state index contributed by atoms with van der Waals surface area (Å²) in [5.41, 5.74) is 5.52. The number of halogens is 1. The number of aromatic nitrogens is 4. The molecule has 1 fully saturated rings. The van der Waals surface area contributed by atoms with Crippen molar-refractivity contribution in [2.45, 2.75) is 33.1 Å². The molecule has 0 saturated heterocycles. The molecule has 1 aliphatic carbocycles. The standard InChI is InChI=1S/C24H23ClN4O2/c1-14-4-5-17(8-14)13-30-21-7-6-18(10-16(21)3)24-27-22(28-31-24)20-12-29-11-15(2)9-19(25)23(29)26-20/h6-7,9-12,17H,1,4-5,8,13H2,2-3H3/t17-/m0/s1. The lowest BCUT2D eigenvalue weighted by Crippen LogP contribution is -2.08. The number of ether oxygens (including phenoxy) is 1. The maximum Gasteiger partial charge on any atom is 0.258 e. The van der Waals surface area contributed by atoms with Gasteiger partial charge < -0.3 is 13.7 Å². The van der Waals surface area contributed by atoms with Crippen LogP contribution in [0.3, 0.4) is 0 Å². The Labute approximate surface area is 185 Å². The lowest BCUT2D eigenvalue weighted by molar-refractivity contribution is 0.252. The number of allylic oxidation sites excluding steroid dienone is 1. The molecule has 3 heterocycles. The lowest BCUT2D eigenvalue weighted by atomic mass is 10.1. The monoisotopic (exact) mass is 434 g/mol. The minimum Gasteiger partial charge on any atom is -0.493 e. The zero-order chi connectivity index (χ0) is 21.5. The second-order valence-electron chi connectivity index (χ2n) is 8.30. The zero-order valence-electron chi connectivity index (χ0n) is 17.6.